The van der Waals surface area contributed by atoms with E-state index in [4.69, 9.17) is 4.84 Å². The monoisotopic (exact) mass is 289 g/mol. The summed E-state index contributed by atoms with van der Waals surface area (Å²) in [7, 11) is 3.52. The number of nitrogens with zero attached hydrogens (tertiary/aromatic N) is 3. The van der Waals surface area contributed by atoms with Gasteiger partial charge < -0.3 is 14.6 Å². The molecule has 0 fully saturated rings. The third kappa shape index (κ3) is 3.74. The molecule has 2 rings (SSSR count). The highest BCUT2D eigenvalue weighted by molar-refractivity contribution is 6.01. The second kappa shape index (κ2) is 6.61. The molecule has 0 saturated carbocycles. The zero-order valence-electron chi connectivity index (χ0n) is 13.2. The molecule has 114 valence electrons. The van der Waals surface area contributed by atoms with Crippen molar-refractivity contribution in [3.8, 4) is 0 Å². The minimum absolute atomic E-state index is 0.00452. The number of urea groups is 1. The molecular weight excluding hydrogens is 266 g/mol. The number of carbonyl (C=O) groups excluding carboxylic acids is 1. The lowest BCUT2D eigenvalue weighted by Gasteiger charge is -2.26. The van der Waals surface area contributed by atoms with E-state index in [0.29, 0.717) is 13.1 Å². The van der Waals surface area contributed by atoms with Crippen molar-refractivity contribution >= 4 is 11.7 Å². The molecule has 2 amide bonds. The molecule has 0 radical (unpaired) electrons. The Bertz CT molecular complexity index is 523. The molecule has 21 heavy (non-hydrogen) atoms. The summed E-state index contributed by atoms with van der Waals surface area (Å²) in [4.78, 5) is 20.9. The van der Waals surface area contributed by atoms with Gasteiger partial charge in [0.1, 0.15) is 0 Å². The van der Waals surface area contributed by atoms with Gasteiger partial charge in [-0.15, -0.1) is 0 Å². The predicted molar refractivity (Wildman–Crippen MR) is 83.5 cm³/mol. The lowest BCUT2D eigenvalue weighted by atomic mass is 10.0. The largest absolute Gasteiger partial charge is 0.390 e. The summed E-state index contributed by atoms with van der Waals surface area (Å²) in [5, 5.41) is 4.17. The van der Waals surface area contributed by atoms with E-state index in [1.165, 1.54) is 5.56 Å². The molecule has 1 aromatic carbocycles. The Balaban J connectivity index is 1.95. The van der Waals surface area contributed by atoms with Crippen molar-refractivity contribution in [2.75, 3.05) is 27.2 Å². The van der Waals surface area contributed by atoms with E-state index in [-0.39, 0.29) is 12.1 Å². The van der Waals surface area contributed by atoms with Crippen LogP contribution in [0.1, 0.15) is 24.5 Å². The van der Waals surface area contributed by atoms with Gasteiger partial charge in [-0.1, -0.05) is 35.0 Å². The van der Waals surface area contributed by atoms with Crippen molar-refractivity contribution < 1.29 is 9.63 Å². The van der Waals surface area contributed by atoms with Crippen LogP contribution in [-0.4, -0.2) is 54.8 Å². The quantitative estimate of drug-likeness (QED) is 0.855. The van der Waals surface area contributed by atoms with Crippen molar-refractivity contribution in [2.24, 2.45) is 5.16 Å². The standard InChI is InChI=1S/C16H23N3O2/c1-5-19(16(20)18(3)4)11-14-10-15(17-21-14)13-8-6-12(2)7-9-13/h6-9,14H,5,10-11H2,1-4H3. The van der Waals surface area contributed by atoms with Crippen LogP contribution in [0, 0.1) is 6.92 Å². The molecule has 5 heteroatoms. The number of amides is 2. The maximum Gasteiger partial charge on any atom is 0.319 e. The van der Waals surface area contributed by atoms with Gasteiger partial charge in [0.15, 0.2) is 6.10 Å². The minimum atomic E-state index is -0.0647. The van der Waals surface area contributed by atoms with Crippen molar-refractivity contribution in [1.82, 2.24) is 9.80 Å². The van der Waals surface area contributed by atoms with Gasteiger partial charge in [0.25, 0.3) is 0 Å². The van der Waals surface area contributed by atoms with Crippen LogP contribution in [-0.2, 0) is 4.84 Å². The fourth-order valence-corrected chi connectivity index (χ4v) is 2.31. The van der Waals surface area contributed by atoms with Crippen molar-refractivity contribution in [3.63, 3.8) is 0 Å². The van der Waals surface area contributed by atoms with Crippen LogP contribution in [0.5, 0.6) is 0 Å². The van der Waals surface area contributed by atoms with Crippen molar-refractivity contribution in [3.05, 3.63) is 35.4 Å². The zero-order chi connectivity index (χ0) is 15.4. The Morgan fingerprint density at radius 1 is 1.33 bits per heavy atom. The molecule has 1 unspecified atom stereocenters. The maximum absolute atomic E-state index is 12.0. The first-order valence-electron chi connectivity index (χ1n) is 7.27. The molecule has 0 bridgehead atoms. The average molecular weight is 289 g/mol. The summed E-state index contributed by atoms with van der Waals surface area (Å²) >= 11 is 0. The van der Waals surface area contributed by atoms with E-state index in [0.717, 1.165) is 17.7 Å². The maximum atomic E-state index is 12.0. The number of carbonyl (C=O) groups is 1. The summed E-state index contributed by atoms with van der Waals surface area (Å²) < 4.78 is 0. The summed E-state index contributed by atoms with van der Waals surface area (Å²) in [6, 6.07) is 8.26. The summed E-state index contributed by atoms with van der Waals surface area (Å²) in [5.74, 6) is 0. The number of hydrogen-bond acceptors (Lipinski definition) is 3. The van der Waals surface area contributed by atoms with E-state index in [9.17, 15) is 4.79 Å². The fourth-order valence-electron chi connectivity index (χ4n) is 2.31. The van der Waals surface area contributed by atoms with E-state index >= 15 is 0 Å². The number of likely N-dealkylation sites (N-methyl/N-ethyl adjacent to an activating group) is 1. The molecule has 0 saturated heterocycles. The van der Waals surface area contributed by atoms with Gasteiger partial charge in [0.05, 0.1) is 12.3 Å². The third-order valence-corrected chi connectivity index (χ3v) is 3.58. The first-order chi connectivity index (χ1) is 10.0. The highest BCUT2D eigenvalue weighted by Crippen LogP contribution is 2.18. The van der Waals surface area contributed by atoms with Gasteiger partial charge in [-0.05, 0) is 19.4 Å². The molecule has 0 spiro atoms. The first-order valence-corrected chi connectivity index (χ1v) is 7.27. The summed E-state index contributed by atoms with van der Waals surface area (Å²) in [6.45, 7) is 5.26. The van der Waals surface area contributed by atoms with Gasteiger partial charge in [-0.3, -0.25) is 0 Å². The van der Waals surface area contributed by atoms with Crippen LogP contribution in [0.2, 0.25) is 0 Å². The van der Waals surface area contributed by atoms with Crippen LogP contribution < -0.4 is 0 Å². The number of aryl methyl sites for hydroxylation is 1. The van der Waals surface area contributed by atoms with Gasteiger partial charge in [0.2, 0.25) is 0 Å². The second-order valence-electron chi connectivity index (χ2n) is 5.55. The van der Waals surface area contributed by atoms with E-state index < -0.39 is 0 Å². The van der Waals surface area contributed by atoms with E-state index in [1.807, 2.05) is 6.92 Å². The molecule has 1 aromatic rings. The van der Waals surface area contributed by atoms with E-state index in [1.54, 1.807) is 23.9 Å². The van der Waals surface area contributed by atoms with Crippen molar-refractivity contribution in [2.45, 2.75) is 26.4 Å². The van der Waals surface area contributed by atoms with Crippen LogP contribution >= 0.6 is 0 Å². The molecule has 1 aliphatic rings. The molecule has 1 atom stereocenters. The Morgan fingerprint density at radius 2 is 2.00 bits per heavy atom. The minimum Gasteiger partial charge on any atom is -0.390 e. The second-order valence-corrected chi connectivity index (χ2v) is 5.55. The molecule has 0 N–H and O–H groups in total. The fraction of sp³-hybridized carbons (Fsp3) is 0.500. The Kier molecular flexibility index (Phi) is 4.83. The van der Waals surface area contributed by atoms with Gasteiger partial charge in [-0.25, -0.2) is 4.79 Å². The van der Waals surface area contributed by atoms with Crippen LogP contribution in [0.4, 0.5) is 4.79 Å². The highest BCUT2D eigenvalue weighted by atomic mass is 16.6. The molecule has 0 aromatic heterocycles. The summed E-state index contributed by atoms with van der Waals surface area (Å²) in [6.07, 6.45) is 0.672. The number of rotatable bonds is 4. The first kappa shape index (κ1) is 15.4. The Hall–Kier alpha value is -2.04. The van der Waals surface area contributed by atoms with Crippen molar-refractivity contribution in [1.29, 1.82) is 0 Å². The molecule has 0 aliphatic carbocycles. The van der Waals surface area contributed by atoms with Gasteiger partial charge >= 0.3 is 6.03 Å². The van der Waals surface area contributed by atoms with Gasteiger partial charge in [0, 0.05) is 27.1 Å². The lowest BCUT2D eigenvalue weighted by molar-refractivity contribution is 0.0580. The lowest BCUT2D eigenvalue weighted by Crippen LogP contribution is -2.43. The van der Waals surface area contributed by atoms with Crippen LogP contribution in [0.3, 0.4) is 0 Å². The molecule has 1 aliphatic heterocycles. The number of oxime groups is 1. The van der Waals surface area contributed by atoms with Gasteiger partial charge in [-0.2, -0.15) is 0 Å². The zero-order valence-corrected chi connectivity index (χ0v) is 13.2. The Morgan fingerprint density at radius 3 is 2.57 bits per heavy atom. The summed E-state index contributed by atoms with van der Waals surface area (Å²) in [5.41, 5.74) is 3.27. The Labute approximate surface area is 126 Å². The van der Waals surface area contributed by atoms with E-state index in [2.05, 4.69) is 36.3 Å². The SMILES string of the molecule is CCN(CC1CC(c2ccc(C)cc2)=NO1)C(=O)N(C)C. The molecule has 5 nitrogen and oxygen atoms in total. The third-order valence-electron chi connectivity index (χ3n) is 3.58. The topological polar surface area (TPSA) is 45.1 Å². The number of hydrogen-bond donors (Lipinski definition) is 0. The van der Waals surface area contributed by atoms with Crippen LogP contribution in [0.15, 0.2) is 29.4 Å². The molecular formula is C16H23N3O2. The molecule has 1 heterocycles. The normalized spacial score (nSPS) is 17.1. The predicted octanol–water partition coefficient (Wildman–Crippen LogP) is 2.49. The van der Waals surface area contributed by atoms with Crippen LogP contribution in [0.25, 0.3) is 0 Å². The number of benzene rings is 1. The highest BCUT2D eigenvalue weighted by Gasteiger charge is 2.26. The smallest absolute Gasteiger partial charge is 0.319 e. The average Bonchev–Trinajstić information content (AvgIpc) is 2.93.